The molecule has 2 N–H and O–H groups in total. The van der Waals surface area contributed by atoms with Crippen LogP contribution in [0.2, 0.25) is 0 Å². The highest BCUT2D eigenvalue weighted by atomic mass is 19.1. The van der Waals surface area contributed by atoms with Gasteiger partial charge < -0.3 is 15.0 Å². The van der Waals surface area contributed by atoms with Crippen molar-refractivity contribution in [3.8, 4) is 0 Å². The SMILES string of the molecule is OCCCCNCc1cn(Cc2ccccc2F)c2ccccc12. The number of rotatable bonds is 8. The summed E-state index contributed by atoms with van der Waals surface area (Å²) in [6.45, 7) is 2.42. The monoisotopic (exact) mass is 326 g/mol. The van der Waals surface area contributed by atoms with Crippen LogP contribution in [0.15, 0.2) is 54.7 Å². The van der Waals surface area contributed by atoms with Crippen molar-refractivity contribution in [2.24, 2.45) is 0 Å². The molecule has 0 spiro atoms. The van der Waals surface area contributed by atoms with Gasteiger partial charge in [0.2, 0.25) is 0 Å². The van der Waals surface area contributed by atoms with E-state index in [9.17, 15) is 4.39 Å². The number of fused-ring (bicyclic) bond motifs is 1. The zero-order valence-corrected chi connectivity index (χ0v) is 13.7. The molecule has 0 bridgehead atoms. The quantitative estimate of drug-likeness (QED) is 0.620. The first-order chi connectivity index (χ1) is 11.8. The number of aliphatic hydroxyl groups is 1. The van der Waals surface area contributed by atoms with Crippen LogP contribution >= 0.6 is 0 Å². The Morgan fingerprint density at radius 1 is 0.958 bits per heavy atom. The number of hydrogen-bond acceptors (Lipinski definition) is 2. The number of unbranched alkanes of at least 4 members (excludes halogenated alkanes) is 1. The third-order valence-electron chi connectivity index (χ3n) is 4.25. The number of hydrogen-bond donors (Lipinski definition) is 2. The molecule has 0 saturated carbocycles. The van der Waals surface area contributed by atoms with E-state index in [1.165, 1.54) is 17.0 Å². The molecule has 0 aliphatic rings. The van der Waals surface area contributed by atoms with Crippen LogP contribution in [0.4, 0.5) is 4.39 Å². The molecular formula is C20H23FN2O. The molecule has 2 aromatic carbocycles. The van der Waals surface area contributed by atoms with Gasteiger partial charge in [-0.1, -0.05) is 36.4 Å². The topological polar surface area (TPSA) is 37.2 Å². The lowest BCUT2D eigenvalue weighted by atomic mass is 10.1. The summed E-state index contributed by atoms with van der Waals surface area (Å²) < 4.78 is 16.1. The molecule has 0 unspecified atom stereocenters. The minimum Gasteiger partial charge on any atom is -0.396 e. The second kappa shape index (κ2) is 8.08. The standard InChI is InChI=1S/C20H23FN2O/c21-19-9-3-1-7-16(19)14-23-15-17(13-22-11-5-6-12-24)18-8-2-4-10-20(18)23/h1-4,7-10,15,22,24H,5-6,11-14H2. The lowest BCUT2D eigenvalue weighted by Gasteiger charge is -2.06. The van der Waals surface area contributed by atoms with Crippen LogP contribution in [0.1, 0.15) is 24.0 Å². The van der Waals surface area contributed by atoms with Crippen molar-refractivity contribution < 1.29 is 9.50 Å². The Kier molecular flexibility index (Phi) is 5.62. The van der Waals surface area contributed by atoms with E-state index in [-0.39, 0.29) is 12.4 Å². The Labute approximate surface area is 141 Å². The first kappa shape index (κ1) is 16.7. The van der Waals surface area contributed by atoms with Crippen LogP contribution in [-0.2, 0) is 13.1 Å². The van der Waals surface area contributed by atoms with Gasteiger partial charge in [-0.3, -0.25) is 0 Å². The molecule has 24 heavy (non-hydrogen) atoms. The van der Waals surface area contributed by atoms with E-state index in [2.05, 4.69) is 28.2 Å². The molecule has 0 aliphatic carbocycles. The second-order valence-corrected chi connectivity index (χ2v) is 6.00. The zero-order valence-electron chi connectivity index (χ0n) is 13.7. The maximum atomic E-state index is 14.0. The van der Waals surface area contributed by atoms with E-state index < -0.39 is 0 Å². The Bertz CT molecular complexity index is 797. The highest BCUT2D eigenvalue weighted by molar-refractivity contribution is 5.84. The van der Waals surface area contributed by atoms with Gasteiger partial charge in [-0.2, -0.15) is 0 Å². The fourth-order valence-corrected chi connectivity index (χ4v) is 2.99. The summed E-state index contributed by atoms with van der Waals surface area (Å²) in [5.41, 5.74) is 3.03. The third-order valence-corrected chi connectivity index (χ3v) is 4.25. The van der Waals surface area contributed by atoms with Gasteiger partial charge in [-0.15, -0.1) is 0 Å². The molecule has 3 rings (SSSR count). The molecule has 0 saturated heterocycles. The van der Waals surface area contributed by atoms with Gasteiger partial charge in [0, 0.05) is 35.8 Å². The average Bonchev–Trinajstić information content (AvgIpc) is 2.95. The van der Waals surface area contributed by atoms with Gasteiger partial charge in [0.15, 0.2) is 0 Å². The lowest BCUT2D eigenvalue weighted by molar-refractivity contribution is 0.283. The molecule has 0 aliphatic heterocycles. The number of aromatic nitrogens is 1. The number of nitrogens with one attached hydrogen (secondary N) is 1. The van der Waals surface area contributed by atoms with E-state index in [1.807, 2.05) is 24.3 Å². The van der Waals surface area contributed by atoms with Gasteiger partial charge in [-0.25, -0.2) is 4.39 Å². The lowest BCUT2D eigenvalue weighted by Crippen LogP contribution is -2.14. The van der Waals surface area contributed by atoms with E-state index in [1.54, 1.807) is 6.07 Å². The predicted molar refractivity (Wildman–Crippen MR) is 95.5 cm³/mol. The van der Waals surface area contributed by atoms with Crippen LogP contribution in [0.3, 0.4) is 0 Å². The third kappa shape index (κ3) is 3.83. The van der Waals surface area contributed by atoms with Crippen molar-refractivity contribution in [2.75, 3.05) is 13.2 Å². The van der Waals surface area contributed by atoms with Crippen molar-refractivity contribution in [3.05, 3.63) is 71.7 Å². The Hall–Kier alpha value is -2.17. The van der Waals surface area contributed by atoms with E-state index >= 15 is 0 Å². The van der Waals surface area contributed by atoms with Crippen molar-refractivity contribution >= 4 is 10.9 Å². The summed E-state index contributed by atoms with van der Waals surface area (Å²) in [7, 11) is 0. The molecule has 0 radical (unpaired) electrons. The smallest absolute Gasteiger partial charge is 0.128 e. The minimum atomic E-state index is -0.168. The molecule has 126 valence electrons. The first-order valence-electron chi connectivity index (χ1n) is 8.41. The molecule has 4 heteroatoms. The zero-order chi connectivity index (χ0) is 16.8. The number of para-hydroxylation sites is 1. The number of nitrogens with zero attached hydrogens (tertiary/aromatic N) is 1. The van der Waals surface area contributed by atoms with Crippen LogP contribution < -0.4 is 5.32 Å². The Morgan fingerprint density at radius 3 is 2.58 bits per heavy atom. The predicted octanol–water partition coefficient (Wildman–Crippen LogP) is 3.69. The summed E-state index contributed by atoms with van der Waals surface area (Å²) in [5, 5.41) is 13.4. The van der Waals surface area contributed by atoms with Crippen LogP contribution in [-0.4, -0.2) is 22.8 Å². The first-order valence-corrected chi connectivity index (χ1v) is 8.41. The molecule has 3 nitrogen and oxygen atoms in total. The summed E-state index contributed by atoms with van der Waals surface area (Å²) >= 11 is 0. The molecule has 0 amide bonds. The maximum Gasteiger partial charge on any atom is 0.128 e. The number of halogens is 1. The molecular weight excluding hydrogens is 303 g/mol. The maximum absolute atomic E-state index is 14.0. The van der Waals surface area contributed by atoms with E-state index in [0.717, 1.165) is 31.4 Å². The summed E-state index contributed by atoms with van der Waals surface area (Å²) in [4.78, 5) is 0. The van der Waals surface area contributed by atoms with Crippen molar-refractivity contribution in [3.63, 3.8) is 0 Å². The average molecular weight is 326 g/mol. The van der Waals surface area contributed by atoms with Crippen molar-refractivity contribution in [1.29, 1.82) is 0 Å². The number of aliphatic hydroxyl groups excluding tert-OH is 1. The normalized spacial score (nSPS) is 11.2. The van der Waals surface area contributed by atoms with Gasteiger partial charge in [0.25, 0.3) is 0 Å². The van der Waals surface area contributed by atoms with Crippen LogP contribution in [0.5, 0.6) is 0 Å². The van der Waals surface area contributed by atoms with Gasteiger partial charge in [0.1, 0.15) is 5.82 Å². The highest BCUT2D eigenvalue weighted by Crippen LogP contribution is 2.23. The van der Waals surface area contributed by atoms with Gasteiger partial charge >= 0.3 is 0 Å². The molecule has 1 aromatic heterocycles. The van der Waals surface area contributed by atoms with Crippen LogP contribution in [0.25, 0.3) is 10.9 Å². The fraction of sp³-hybridized carbons (Fsp3) is 0.300. The molecule has 1 heterocycles. The summed E-state index contributed by atoms with van der Waals surface area (Å²) in [5.74, 6) is -0.168. The molecule has 3 aromatic rings. The molecule has 0 atom stereocenters. The van der Waals surface area contributed by atoms with Crippen LogP contribution in [0, 0.1) is 5.82 Å². The summed E-state index contributed by atoms with van der Waals surface area (Å²) in [6, 6.07) is 15.1. The van der Waals surface area contributed by atoms with Crippen molar-refractivity contribution in [2.45, 2.75) is 25.9 Å². The van der Waals surface area contributed by atoms with E-state index in [0.29, 0.717) is 12.1 Å². The second-order valence-electron chi connectivity index (χ2n) is 6.00. The Morgan fingerprint density at radius 2 is 1.75 bits per heavy atom. The van der Waals surface area contributed by atoms with Gasteiger partial charge in [-0.05, 0) is 37.1 Å². The Balaban J connectivity index is 1.80. The largest absolute Gasteiger partial charge is 0.396 e. The van der Waals surface area contributed by atoms with E-state index in [4.69, 9.17) is 5.11 Å². The van der Waals surface area contributed by atoms with Crippen molar-refractivity contribution in [1.82, 2.24) is 9.88 Å². The highest BCUT2D eigenvalue weighted by Gasteiger charge is 2.09. The summed E-state index contributed by atoms with van der Waals surface area (Å²) in [6.07, 6.45) is 3.89. The number of benzene rings is 2. The molecule has 0 fully saturated rings. The fourth-order valence-electron chi connectivity index (χ4n) is 2.99. The van der Waals surface area contributed by atoms with Gasteiger partial charge in [0.05, 0.1) is 6.54 Å². The minimum absolute atomic E-state index is 0.168.